The third kappa shape index (κ3) is 4.52. The van der Waals surface area contributed by atoms with Gasteiger partial charge in [-0.3, -0.25) is 14.9 Å². The number of carboxylic acids is 1. The molecule has 0 aliphatic heterocycles. The first-order valence-corrected chi connectivity index (χ1v) is 7.00. The van der Waals surface area contributed by atoms with Gasteiger partial charge in [0.15, 0.2) is 0 Å². The molecule has 114 valence electrons. The fourth-order valence-corrected chi connectivity index (χ4v) is 2.35. The van der Waals surface area contributed by atoms with Gasteiger partial charge in [-0.1, -0.05) is 19.9 Å². The molecule has 1 atom stereocenters. The number of carboxylic acid groups (broad SMARTS) is 1. The molecule has 0 heterocycles. The summed E-state index contributed by atoms with van der Waals surface area (Å²) in [6.45, 7) is 3.68. The normalized spacial score (nSPS) is 12.0. The number of benzene rings is 1. The molecule has 7 nitrogen and oxygen atoms in total. The molecule has 0 saturated heterocycles. The summed E-state index contributed by atoms with van der Waals surface area (Å²) in [5, 5.41) is 22.3. The molecule has 0 aliphatic carbocycles. The monoisotopic (exact) mass is 358 g/mol. The summed E-state index contributed by atoms with van der Waals surface area (Å²) >= 11 is 3.01. The van der Waals surface area contributed by atoms with Crippen LogP contribution in [0, 0.1) is 16.0 Å². The van der Waals surface area contributed by atoms with Gasteiger partial charge in [-0.2, -0.15) is 0 Å². The summed E-state index contributed by atoms with van der Waals surface area (Å²) in [6.07, 6.45) is 0.271. The topological polar surface area (TPSA) is 110 Å². The van der Waals surface area contributed by atoms with Crippen LogP contribution >= 0.6 is 15.9 Å². The number of nitro groups is 1. The Morgan fingerprint density at radius 2 is 2.05 bits per heavy atom. The van der Waals surface area contributed by atoms with Gasteiger partial charge in [0, 0.05) is 6.07 Å². The number of nitro benzene ring substituents is 1. The van der Waals surface area contributed by atoms with Gasteiger partial charge in [-0.25, -0.2) is 4.79 Å². The molecule has 21 heavy (non-hydrogen) atoms. The van der Waals surface area contributed by atoms with Crippen molar-refractivity contribution < 1.29 is 19.6 Å². The molecule has 0 spiro atoms. The Balaban J connectivity index is 3.01. The summed E-state index contributed by atoms with van der Waals surface area (Å²) in [7, 11) is 0. The van der Waals surface area contributed by atoms with E-state index < -0.39 is 22.8 Å². The largest absolute Gasteiger partial charge is 0.480 e. The average molecular weight is 359 g/mol. The van der Waals surface area contributed by atoms with Crippen LogP contribution in [-0.4, -0.2) is 27.9 Å². The quantitative estimate of drug-likeness (QED) is 0.599. The molecule has 8 heteroatoms. The van der Waals surface area contributed by atoms with Crippen LogP contribution in [0.2, 0.25) is 0 Å². The van der Waals surface area contributed by atoms with Crippen LogP contribution in [0.5, 0.6) is 0 Å². The molecule has 1 aromatic carbocycles. The lowest BCUT2D eigenvalue weighted by molar-refractivity contribution is -0.385. The molecule has 0 unspecified atom stereocenters. The predicted molar refractivity (Wildman–Crippen MR) is 79.1 cm³/mol. The zero-order valence-electron chi connectivity index (χ0n) is 11.5. The van der Waals surface area contributed by atoms with Gasteiger partial charge in [0.25, 0.3) is 11.6 Å². The van der Waals surface area contributed by atoms with Gasteiger partial charge in [0.1, 0.15) is 10.5 Å². The lowest BCUT2D eigenvalue weighted by atomic mass is 10.0. The van der Waals surface area contributed by atoms with Crippen molar-refractivity contribution in [3.63, 3.8) is 0 Å². The second kappa shape index (κ2) is 7.16. The van der Waals surface area contributed by atoms with Gasteiger partial charge >= 0.3 is 5.97 Å². The maximum Gasteiger partial charge on any atom is 0.326 e. The molecule has 1 aromatic rings. The molecule has 2 N–H and O–H groups in total. The lowest BCUT2D eigenvalue weighted by Crippen LogP contribution is -2.41. The van der Waals surface area contributed by atoms with Crippen LogP contribution in [-0.2, 0) is 4.79 Å². The number of carbonyl (C=O) groups is 2. The van der Waals surface area contributed by atoms with E-state index in [4.69, 9.17) is 5.11 Å². The van der Waals surface area contributed by atoms with E-state index in [9.17, 15) is 19.7 Å². The van der Waals surface area contributed by atoms with Crippen LogP contribution in [0.1, 0.15) is 30.6 Å². The number of amides is 1. The highest BCUT2D eigenvalue weighted by atomic mass is 79.9. The van der Waals surface area contributed by atoms with Crippen molar-refractivity contribution in [3.8, 4) is 0 Å². The van der Waals surface area contributed by atoms with Crippen LogP contribution in [0.25, 0.3) is 0 Å². The SMILES string of the molecule is CC(C)C[C@@H](NC(=O)c1cccc([N+](=O)[O-])c1Br)C(=O)O. The highest BCUT2D eigenvalue weighted by Crippen LogP contribution is 2.28. The first-order valence-electron chi connectivity index (χ1n) is 6.20. The van der Waals surface area contributed by atoms with Gasteiger partial charge < -0.3 is 10.4 Å². The number of nitrogens with one attached hydrogen (secondary N) is 1. The molecule has 1 rings (SSSR count). The maximum atomic E-state index is 12.1. The highest BCUT2D eigenvalue weighted by Gasteiger charge is 2.25. The molecule has 0 fully saturated rings. The standard InChI is InChI=1S/C13H15BrN2O5/c1-7(2)6-9(13(18)19)15-12(17)8-4-3-5-10(11(8)14)16(20)21/h3-5,7,9H,6H2,1-2H3,(H,15,17)(H,18,19)/t9-/m1/s1. The van der Waals surface area contributed by atoms with E-state index in [0.717, 1.165) is 0 Å². The summed E-state index contributed by atoms with van der Waals surface area (Å²) in [4.78, 5) is 33.4. The minimum Gasteiger partial charge on any atom is -0.480 e. The number of hydrogen-bond acceptors (Lipinski definition) is 4. The van der Waals surface area contributed by atoms with Crippen molar-refractivity contribution in [1.82, 2.24) is 5.32 Å². The van der Waals surface area contributed by atoms with Gasteiger partial charge in [0.05, 0.1) is 10.5 Å². The third-order valence-electron chi connectivity index (χ3n) is 2.73. The number of rotatable bonds is 6. The summed E-state index contributed by atoms with van der Waals surface area (Å²) in [5.74, 6) is -1.72. The fraction of sp³-hybridized carbons (Fsp3) is 0.385. The zero-order chi connectivity index (χ0) is 16.2. The second-order valence-electron chi connectivity index (χ2n) is 4.89. The van der Waals surface area contributed by atoms with Crippen LogP contribution < -0.4 is 5.32 Å². The van der Waals surface area contributed by atoms with E-state index in [0.29, 0.717) is 0 Å². The Kier molecular flexibility index (Phi) is 5.83. The number of halogens is 1. The molecule has 1 amide bonds. The third-order valence-corrected chi connectivity index (χ3v) is 3.56. The van der Waals surface area contributed by atoms with E-state index in [-0.39, 0.29) is 28.1 Å². The van der Waals surface area contributed by atoms with Crippen molar-refractivity contribution in [3.05, 3.63) is 38.3 Å². The van der Waals surface area contributed by atoms with Crippen molar-refractivity contribution in [1.29, 1.82) is 0 Å². The van der Waals surface area contributed by atoms with E-state index in [1.165, 1.54) is 18.2 Å². The Hall–Kier alpha value is -1.96. The van der Waals surface area contributed by atoms with E-state index >= 15 is 0 Å². The molecule has 0 saturated carbocycles. The summed E-state index contributed by atoms with van der Waals surface area (Å²) < 4.78 is 0.0289. The number of nitrogens with zero attached hydrogens (tertiary/aromatic N) is 1. The maximum absolute atomic E-state index is 12.1. The molecule has 0 aliphatic rings. The Bertz CT molecular complexity index is 574. The van der Waals surface area contributed by atoms with Crippen molar-refractivity contribution in [2.75, 3.05) is 0 Å². The first-order chi connectivity index (χ1) is 9.73. The van der Waals surface area contributed by atoms with Crippen LogP contribution in [0.3, 0.4) is 0 Å². The van der Waals surface area contributed by atoms with E-state index in [1.807, 2.05) is 13.8 Å². The zero-order valence-corrected chi connectivity index (χ0v) is 13.1. The van der Waals surface area contributed by atoms with Gasteiger partial charge in [-0.15, -0.1) is 0 Å². The lowest BCUT2D eigenvalue weighted by Gasteiger charge is -2.16. The second-order valence-corrected chi connectivity index (χ2v) is 5.68. The predicted octanol–water partition coefficient (Wildman–Crippen LogP) is 2.59. The van der Waals surface area contributed by atoms with Crippen molar-refractivity contribution >= 4 is 33.5 Å². The summed E-state index contributed by atoms with van der Waals surface area (Å²) in [5.41, 5.74) is -0.224. The molecular formula is C13H15BrN2O5. The molecule has 0 bridgehead atoms. The number of aliphatic carboxylic acids is 1. The Labute approximate surface area is 129 Å². The minimum absolute atomic E-state index is 0.0270. The Morgan fingerprint density at radius 1 is 1.43 bits per heavy atom. The molecular weight excluding hydrogens is 344 g/mol. The number of hydrogen-bond donors (Lipinski definition) is 2. The van der Waals surface area contributed by atoms with Crippen LogP contribution in [0.15, 0.2) is 22.7 Å². The van der Waals surface area contributed by atoms with Crippen molar-refractivity contribution in [2.24, 2.45) is 5.92 Å². The fourth-order valence-electron chi connectivity index (χ4n) is 1.77. The Morgan fingerprint density at radius 3 is 2.52 bits per heavy atom. The summed E-state index contributed by atoms with van der Waals surface area (Å²) in [6, 6.07) is 2.98. The minimum atomic E-state index is -1.14. The smallest absolute Gasteiger partial charge is 0.326 e. The van der Waals surface area contributed by atoms with E-state index in [2.05, 4.69) is 21.2 Å². The van der Waals surface area contributed by atoms with Gasteiger partial charge in [-0.05, 0) is 34.3 Å². The van der Waals surface area contributed by atoms with E-state index in [1.54, 1.807) is 0 Å². The molecule has 0 aromatic heterocycles. The van der Waals surface area contributed by atoms with Gasteiger partial charge in [0.2, 0.25) is 0 Å². The highest BCUT2D eigenvalue weighted by molar-refractivity contribution is 9.10. The van der Waals surface area contributed by atoms with Crippen LogP contribution in [0.4, 0.5) is 5.69 Å². The van der Waals surface area contributed by atoms with Crippen molar-refractivity contribution in [2.45, 2.75) is 26.3 Å². The average Bonchev–Trinajstić information content (AvgIpc) is 2.36. The molecule has 0 radical (unpaired) electrons. The first kappa shape index (κ1) is 17.1. The number of carbonyl (C=O) groups excluding carboxylic acids is 1.